The Labute approximate surface area is 110 Å². The zero-order chi connectivity index (χ0) is 13.8. The molecule has 0 radical (unpaired) electrons. The number of likely N-dealkylation sites (N-methyl/N-ethyl adjacent to an activating group) is 1. The molecule has 1 aromatic rings. The third-order valence-electron chi connectivity index (χ3n) is 2.26. The minimum Gasteiger partial charge on any atom is -0.370 e. The van der Waals surface area contributed by atoms with Crippen LogP contribution in [0, 0.1) is 5.82 Å². The third-order valence-corrected chi connectivity index (χ3v) is 2.87. The van der Waals surface area contributed by atoms with Crippen molar-refractivity contribution in [1.82, 2.24) is 5.32 Å². The van der Waals surface area contributed by atoms with E-state index in [9.17, 15) is 17.6 Å². The van der Waals surface area contributed by atoms with E-state index in [0.29, 0.717) is 0 Å². The predicted octanol–water partition coefficient (Wildman–Crippen LogP) is 3.43. The molecular weight excluding hydrogens is 318 g/mol. The molecular formula is C11H12BrF4NO. The molecule has 0 aliphatic carbocycles. The molecule has 1 atom stereocenters. The molecule has 0 aromatic heterocycles. The highest BCUT2D eigenvalue weighted by Crippen LogP contribution is 2.24. The Hall–Kier alpha value is -0.660. The zero-order valence-corrected chi connectivity index (χ0v) is 11.1. The number of hydrogen-bond acceptors (Lipinski definition) is 2. The fraction of sp³-hybridized carbons (Fsp3) is 0.455. The standard InChI is InChI=1S/C11H12BrF4NO/c1-17-9(5-18-6-11(14,15)16)7-3-2-4-8(12)10(7)13/h2-4,9,17H,5-6H2,1H3. The van der Waals surface area contributed by atoms with Gasteiger partial charge in [-0.25, -0.2) is 4.39 Å². The Kier molecular flexibility index (Phi) is 5.55. The molecule has 1 N–H and O–H groups in total. The first-order valence-electron chi connectivity index (χ1n) is 5.11. The SMILES string of the molecule is CNC(COCC(F)(F)F)c1cccc(Br)c1F. The van der Waals surface area contributed by atoms with E-state index in [2.05, 4.69) is 26.0 Å². The summed E-state index contributed by atoms with van der Waals surface area (Å²) >= 11 is 3.02. The van der Waals surface area contributed by atoms with Gasteiger partial charge in [0.25, 0.3) is 0 Å². The van der Waals surface area contributed by atoms with Crippen LogP contribution in [0.1, 0.15) is 11.6 Å². The van der Waals surface area contributed by atoms with Crippen molar-refractivity contribution in [2.24, 2.45) is 0 Å². The second kappa shape index (κ2) is 6.49. The first-order chi connectivity index (χ1) is 8.35. The quantitative estimate of drug-likeness (QED) is 0.836. The minimum absolute atomic E-state index is 0.258. The average Bonchev–Trinajstić information content (AvgIpc) is 2.27. The first kappa shape index (κ1) is 15.4. The largest absolute Gasteiger partial charge is 0.411 e. The van der Waals surface area contributed by atoms with Gasteiger partial charge in [-0.05, 0) is 29.0 Å². The molecule has 0 heterocycles. The number of nitrogens with one attached hydrogen (secondary N) is 1. The molecule has 0 saturated carbocycles. The predicted molar refractivity (Wildman–Crippen MR) is 62.8 cm³/mol. The van der Waals surface area contributed by atoms with Crippen LogP contribution in [-0.2, 0) is 4.74 Å². The number of ether oxygens (including phenoxy) is 1. The summed E-state index contributed by atoms with van der Waals surface area (Å²) in [6.45, 7) is -1.61. The van der Waals surface area contributed by atoms with Crippen molar-refractivity contribution in [3.63, 3.8) is 0 Å². The van der Waals surface area contributed by atoms with Crippen molar-refractivity contribution < 1.29 is 22.3 Å². The van der Waals surface area contributed by atoms with E-state index in [1.165, 1.54) is 19.2 Å². The van der Waals surface area contributed by atoms with Gasteiger partial charge in [0.05, 0.1) is 17.1 Å². The van der Waals surface area contributed by atoms with Gasteiger partial charge >= 0.3 is 6.18 Å². The molecule has 0 aliphatic rings. The van der Waals surface area contributed by atoms with Crippen LogP contribution in [-0.4, -0.2) is 26.4 Å². The monoisotopic (exact) mass is 329 g/mol. The van der Waals surface area contributed by atoms with E-state index < -0.39 is 24.6 Å². The summed E-state index contributed by atoms with van der Waals surface area (Å²) in [5, 5.41) is 2.72. The Morgan fingerprint density at radius 1 is 1.39 bits per heavy atom. The number of hydrogen-bond donors (Lipinski definition) is 1. The van der Waals surface area contributed by atoms with Gasteiger partial charge in [-0.3, -0.25) is 0 Å². The lowest BCUT2D eigenvalue weighted by Gasteiger charge is -2.18. The van der Waals surface area contributed by atoms with Crippen LogP contribution in [0.5, 0.6) is 0 Å². The normalized spacial score (nSPS) is 13.7. The smallest absolute Gasteiger partial charge is 0.370 e. The summed E-state index contributed by atoms with van der Waals surface area (Å²) in [6, 6.07) is 3.99. The van der Waals surface area contributed by atoms with Crippen LogP contribution in [0.25, 0.3) is 0 Å². The van der Waals surface area contributed by atoms with Gasteiger partial charge in [0, 0.05) is 5.56 Å². The van der Waals surface area contributed by atoms with Crippen LogP contribution in [0.3, 0.4) is 0 Å². The molecule has 7 heteroatoms. The summed E-state index contributed by atoms with van der Waals surface area (Å²) in [5.41, 5.74) is 0.258. The molecule has 1 unspecified atom stereocenters. The van der Waals surface area contributed by atoms with Crippen LogP contribution >= 0.6 is 15.9 Å². The number of alkyl halides is 3. The maximum absolute atomic E-state index is 13.7. The number of rotatable bonds is 5. The van der Waals surface area contributed by atoms with Crippen molar-refractivity contribution >= 4 is 15.9 Å². The van der Waals surface area contributed by atoms with Crippen molar-refractivity contribution in [2.45, 2.75) is 12.2 Å². The molecule has 1 aromatic carbocycles. The Morgan fingerprint density at radius 2 is 2.06 bits per heavy atom. The molecule has 1 rings (SSSR count). The lowest BCUT2D eigenvalue weighted by molar-refractivity contribution is -0.175. The van der Waals surface area contributed by atoms with Gasteiger partial charge in [0.2, 0.25) is 0 Å². The number of benzene rings is 1. The maximum Gasteiger partial charge on any atom is 0.411 e. The molecule has 0 spiro atoms. The molecule has 0 amide bonds. The fourth-order valence-corrected chi connectivity index (χ4v) is 1.79. The number of halogens is 5. The first-order valence-corrected chi connectivity index (χ1v) is 5.90. The second-order valence-electron chi connectivity index (χ2n) is 3.61. The minimum atomic E-state index is -4.38. The van der Waals surface area contributed by atoms with Crippen molar-refractivity contribution in [3.8, 4) is 0 Å². The molecule has 18 heavy (non-hydrogen) atoms. The summed E-state index contributed by atoms with van der Waals surface area (Å²) in [6.07, 6.45) is -4.38. The highest BCUT2D eigenvalue weighted by atomic mass is 79.9. The highest BCUT2D eigenvalue weighted by molar-refractivity contribution is 9.10. The Bertz CT molecular complexity index is 397. The Morgan fingerprint density at radius 3 is 2.61 bits per heavy atom. The van der Waals surface area contributed by atoms with Crippen LogP contribution in [0.15, 0.2) is 22.7 Å². The van der Waals surface area contributed by atoms with Gasteiger partial charge in [-0.15, -0.1) is 0 Å². The van der Waals surface area contributed by atoms with E-state index >= 15 is 0 Å². The van der Waals surface area contributed by atoms with Gasteiger partial charge in [-0.2, -0.15) is 13.2 Å². The van der Waals surface area contributed by atoms with Gasteiger partial charge in [-0.1, -0.05) is 12.1 Å². The van der Waals surface area contributed by atoms with E-state index in [-0.39, 0.29) is 16.6 Å². The highest BCUT2D eigenvalue weighted by Gasteiger charge is 2.28. The summed E-state index contributed by atoms with van der Waals surface area (Å²) in [5.74, 6) is -0.507. The van der Waals surface area contributed by atoms with Crippen LogP contribution in [0.4, 0.5) is 17.6 Å². The lowest BCUT2D eigenvalue weighted by atomic mass is 10.1. The zero-order valence-electron chi connectivity index (χ0n) is 9.52. The summed E-state index contributed by atoms with van der Waals surface area (Å²) in [7, 11) is 1.53. The molecule has 0 fully saturated rings. The Balaban J connectivity index is 2.69. The van der Waals surface area contributed by atoms with E-state index in [1.54, 1.807) is 6.07 Å². The van der Waals surface area contributed by atoms with Crippen LogP contribution in [0.2, 0.25) is 0 Å². The molecule has 0 aliphatic heterocycles. The topological polar surface area (TPSA) is 21.3 Å². The summed E-state index contributed by atoms with van der Waals surface area (Å²) in [4.78, 5) is 0. The van der Waals surface area contributed by atoms with Crippen molar-refractivity contribution in [1.29, 1.82) is 0 Å². The fourth-order valence-electron chi connectivity index (χ4n) is 1.41. The average molecular weight is 330 g/mol. The van der Waals surface area contributed by atoms with Gasteiger partial charge in [0.1, 0.15) is 12.4 Å². The lowest BCUT2D eigenvalue weighted by Crippen LogP contribution is -2.26. The molecule has 102 valence electrons. The third kappa shape index (κ3) is 4.55. The molecule has 0 saturated heterocycles. The van der Waals surface area contributed by atoms with Crippen LogP contribution < -0.4 is 5.32 Å². The molecule has 0 bridgehead atoms. The van der Waals surface area contributed by atoms with E-state index in [0.717, 1.165) is 0 Å². The van der Waals surface area contributed by atoms with Crippen molar-refractivity contribution in [3.05, 3.63) is 34.1 Å². The van der Waals surface area contributed by atoms with Crippen molar-refractivity contribution in [2.75, 3.05) is 20.3 Å². The van der Waals surface area contributed by atoms with Gasteiger partial charge in [0.15, 0.2) is 0 Å². The van der Waals surface area contributed by atoms with E-state index in [4.69, 9.17) is 0 Å². The molecule has 2 nitrogen and oxygen atoms in total. The van der Waals surface area contributed by atoms with Gasteiger partial charge < -0.3 is 10.1 Å². The summed E-state index contributed by atoms with van der Waals surface area (Å²) < 4.78 is 54.3. The maximum atomic E-state index is 13.7. The second-order valence-corrected chi connectivity index (χ2v) is 4.47. The van der Waals surface area contributed by atoms with E-state index in [1.807, 2.05) is 0 Å².